The molecule has 2 aromatic carbocycles. The van der Waals surface area contributed by atoms with E-state index >= 15 is 0 Å². The van der Waals surface area contributed by atoms with Crippen molar-refractivity contribution in [3.8, 4) is 16.9 Å². The smallest absolute Gasteiger partial charge is 0.137 e. The summed E-state index contributed by atoms with van der Waals surface area (Å²) in [7, 11) is 1.57. The van der Waals surface area contributed by atoms with Crippen LogP contribution in [0.3, 0.4) is 0 Å². The van der Waals surface area contributed by atoms with Crippen LogP contribution in [0, 0.1) is 5.82 Å². The van der Waals surface area contributed by atoms with Crippen LogP contribution in [0.25, 0.3) is 11.1 Å². The van der Waals surface area contributed by atoms with E-state index < -0.39 is 0 Å². The number of halogens is 2. The van der Waals surface area contributed by atoms with Crippen LogP contribution in [0.5, 0.6) is 5.75 Å². The van der Waals surface area contributed by atoms with E-state index in [-0.39, 0.29) is 5.82 Å². The van der Waals surface area contributed by atoms with Gasteiger partial charge in [0.2, 0.25) is 0 Å². The fourth-order valence-electron chi connectivity index (χ4n) is 1.98. The molecule has 0 unspecified atom stereocenters. The SMILES string of the molecule is CCNCc1ccc(-c2ccc(OC)c(Cl)c2)cc1F. The zero-order valence-electron chi connectivity index (χ0n) is 11.5. The van der Waals surface area contributed by atoms with E-state index in [0.29, 0.717) is 22.9 Å². The van der Waals surface area contributed by atoms with Crippen LogP contribution >= 0.6 is 11.6 Å². The van der Waals surface area contributed by atoms with Crippen molar-refractivity contribution in [3.63, 3.8) is 0 Å². The van der Waals surface area contributed by atoms with Crippen molar-refractivity contribution >= 4 is 11.6 Å². The van der Waals surface area contributed by atoms with Gasteiger partial charge in [-0.2, -0.15) is 0 Å². The number of nitrogens with one attached hydrogen (secondary N) is 1. The summed E-state index contributed by atoms with van der Waals surface area (Å²) >= 11 is 6.09. The van der Waals surface area contributed by atoms with Gasteiger partial charge in [-0.1, -0.05) is 36.7 Å². The molecule has 0 aliphatic heterocycles. The highest BCUT2D eigenvalue weighted by Gasteiger charge is 2.07. The first-order chi connectivity index (χ1) is 9.65. The van der Waals surface area contributed by atoms with Crippen molar-refractivity contribution in [1.29, 1.82) is 0 Å². The van der Waals surface area contributed by atoms with Crippen LogP contribution < -0.4 is 10.1 Å². The van der Waals surface area contributed by atoms with E-state index in [0.717, 1.165) is 17.7 Å². The predicted octanol–water partition coefficient (Wildman–Crippen LogP) is 4.26. The molecule has 4 heteroatoms. The molecule has 2 nitrogen and oxygen atoms in total. The number of ether oxygens (including phenoxy) is 1. The van der Waals surface area contributed by atoms with Crippen molar-refractivity contribution in [2.24, 2.45) is 0 Å². The van der Waals surface area contributed by atoms with Gasteiger partial charge >= 0.3 is 0 Å². The lowest BCUT2D eigenvalue weighted by atomic mass is 10.0. The zero-order chi connectivity index (χ0) is 14.5. The van der Waals surface area contributed by atoms with Gasteiger partial charge in [-0.05, 0) is 35.9 Å². The molecule has 2 aromatic rings. The normalized spacial score (nSPS) is 10.6. The lowest BCUT2D eigenvalue weighted by molar-refractivity contribution is 0.415. The molecule has 0 heterocycles. The molecule has 0 aromatic heterocycles. The Morgan fingerprint density at radius 2 is 1.85 bits per heavy atom. The highest BCUT2D eigenvalue weighted by Crippen LogP contribution is 2.30. The van der Waals surface area contributed by atoms with Gasteiger partial charge in [0, 0.05) is 12.1 Å². The van der Waals surface area contributed by atoms with Gasteiger partial charge < -0.3 is 10.1 Å². The van der Waals surface area contributed by atoms with Gasteiger partial charge in [-0.3, -0.25) is 0 Å². The molecule has 0 saturated carbocycles. The van der Waals surface area contributed by atoms with E-state index in [1.807, 2.05) is 19.1 Å². The first-order valence-electron chi connectivity index (χ1n) is 6.48. The number of benzene rings is 2. The maximum absolute atomic E-state index is 14.0. The third-order valence-corrected chi connectivity index (χ3v) is 3.40. The highest BCUT2D eigenvalue weighted by molar-refractivity contribution is 6.32. The summed E-state index contributed by atoms with van der Waals surface area (Å²) in [5, 5.41) is 3.63. The maximum atomic E-state index is 14.0. The topological polar surface area (TPSA) is 21.3 Å². The Labute approximate surface area is 123 Å². The summed E-state index contributed by atoms with van der Waals surface area (Å²) in [6, 6.07) is 10.6. The van der Waals surface area contributed by atoms with Gasteiger partial charge in [0.25, 0.3) is 0 Å². The van der Waals surface area contributed by atoms with Crippen molar-refractivity contribution < 1.29 is 9.13 Å². The standard InChI is InChI=1S/C16H17ClFNO/c1-3-19-10-13-5-4-12(9-15(13)18)11-6-7-16(20-2)14(17)8-11/h4-9,19H,3,10H2,1-2H3. The summed E-state index contributed by atoms with van der Waals surface area (Å²) in [4.78, 5) is 0. The average molecular weight is 294 g/mol. The molecule has 106 valence electrons. The minimum atomic E-state index is -0.213. The average Bonchev–Trinajstić information content (AvgIpc) is 2.46. The summed E-state index contributed by atoms with van der Waals surface area (Å²) in [6.07, 6.45) is 0. The van der Waals surface area contributed by atoms with E-state index in [4.69, 9.17) is 16.3 Å². The molecule has 0 spiro atoms. The molecule has 0 bridgehead atoms. The Morgan fingerprint density at radius 3 is 2.45 bits per heavy atom. The molecule has 0 fully saturated rings. The molecule has 20 heavy (non-hydrogen) atoms. The van der Waals surface area contributed by atoms with Crippen molar-refractivity contribution in [2.45, 2.75) is 13.5 Å². The third kappa shape index (κ3) is 3.30. The van der Waals surface area contributed by atoms with Crippen LogP contribution in [0.1, 0.15) is 12.5 Å². The van der Waals surface area contributed by atoms with Gasteiger partial charge in [0.05, 0.1) is 12.1 Å². The largest absolute Gasteiger partial charge is 0.495 e. The Morgan fingerprint density at radius 1 is 1.15 bits per heavy atom. The molecular formula is C16H17ClFNO. The molecular weight excluding hydrogens is 277 g/mol. The van der Waals surface area contributed by atoms with Crippen LogP contribution in [-0.4, -0.2) is 13.7 Å². The van der Waals surface area contributed by atoms with Gasteiger partial charge in [0.1, 0.15) is 11.6 Å². The minimum Gasteiger partial charge on any atom is -0.495 e. The maximum Gasteiger partial charge on any atom is 0.137 e. The predicted molar refractivity (Wildman–Crippen MR) is 80.8 cm³/mol. The van der Waals surface area contributed by atoms with Crippen LogP contribution in [0.4, 0.5) is 4.39 Å². The van der Waals surface area contributed by atoms with E-state index in [9.17, 15) is 4.39 Å². The number of rotatable bonds is 5. The number of hydrogen-bond acceptors (Lipinski definition) is 2. The molecule has 0 amide bonds. The first-order valence-corrected chi connectivity index (χ1v) is 6.86. The first kappa shape index (κ1) is 14.8. The van der Waals surface area contributed by atoms with Gasteiger partial charge in [-0.25, -0.2) is 4.39 Å². The monoisotopic (exact) mass is 293 g/mol. The second-order valence-corrected chi connectivity index (χ2v) is 4.84. The Bertz CT molecular complexity index is 601. The van der Waals surface area contributed by atoms with Crippen molar-refractivity contribution in [3.05, 3.63) is 52.8 Å². The Hall–Kier alpha value is -1.58. The van der Waals surface area contributed by atoms with Crippen molar-refractivity contribution in [1.82, 2.24) is 5.32 Å². The quantitative estimate of drug-likeness (QED) is 0.889. The molecule has 0 saturated heterocycles. The molecule has 2 rings (SSSR count). The summed E-state index contributed by atoms with van der Waals surface area (Å²) < 4.78 is 19.1. The van der Waals surface area contributed by atoms with E-state index in [1.54, 1.807) is 25.3 Å². The lowest BCUT2D eigenvalue weighted by Crippen LogP contribution is -2.12. The molecule has 1 N–H and O–H groups in total. The third-order valence-electron chi connectivity index (χ3n) is 3.10. The molecule has 0 atom stereocenters. The second kappa shape index (κ2) is 6.73. The number of hydrogen-bond donors (Lipinski definition) is 1. The Balaban J connectivity index is 2.29. The zero-order valence-corrected chi connectivity index (χ0v) is 12.3. The van der Waals surface area contributed by atoms with Crippen LogP contribution in [-0.2, 0) is 6.54 Å². The van der Waals surface area contributed by atoms with Crippen molar-refractivity contribution in [2.75, 3.05) is 13.7 Å². The highest BCUT2D eigenvalue weighted by atomic mass is 35.5. The Kier molecular flexibility index (Phi) is 4.99. The molecule has 0 aliphatic carbocycles. The summed E-state index contributed by atoms with van der Waals surface area (Å²) in [5.74, 6) is 0.398. The van der Waals surface area contributed by atoms with E-state index in [1.165, 1.54) is 6.07 Å². The fourth-order valence-corrected chi connectivity index (χ4v) is 2.23. The summed E-state index contributed by atoms with van der Waals surface area (Å²) in [6.45, 7) is 3.34. The van der Waals surface area contributed by atoms with Gasteiger partial charge in [0.15, 0.2) is 0 Å². The minimum absolute atomic E-state index is 0.213. The van der Waals surface area contributed by atoms with Gasteiger partial charge in [-0.15, -0.1) is 0 Å². The number of methoxy groups -OCH3 is 1. The van der Waals surface area contributed by atoms with Crippen LogP contribution in [0.15, 0.2) is 36.4 Å². The van der Waals surface area contributed by atoms with Crippen LogP contribution in [0.2, 0.25) is 5.02 Å². The molecule has 0 radical (unpaired) electrons. The lowest BCUT2D eigenvalue weighted by Gasteiger charge is -2.09. The second-order valence-electron chi connectivity index (χ2n) is 4.44. The van der Waals surface area contributed by atoms with E-state index in [2.05, 4.69) is 5.32 Å². The molecule has 0 aliphatic rings. The fraction of sp³-hybridized carbons (Fsp3) is 0.250. The summed E-state index contributed by atoms with van der Waals surface area (Å²) in [5.41, 5.74) is 2.33.